The van der Waals surface area contributed by atoms with Gasteiger partial charge in [0.1, 0.15) is 0 Å². The second kappa shape index (κ2) is 5.72. The third-order valence-corrected chi connectivity index (χ3v) is 2.70. The molecule has 1 N–H and O–H groups in total. The molecule has 0 atom stereocenters. The van der Waals surface area contributed by atoms with Gasteiger partial charge in [-0.3, -0.25) is 9.20 Å². The number of pyridine rings is 1. The van der Waals surface area contributed by atoms with Gasteiger partial charge in [-0.15, -0.1) is 5.10 Å². The van der Waals surface area contributed by atoms with Gasteiger partial charge < -0.3 is 5.32 Å². The van der Waals surface area contributed by atoms with Crippen molar-refractivity contribution < 1.29 is 4.79 Å². The summed E-state index contributed by atoms with van der Waals surface area (Å²) < 4.78 is 2.75. The maximum atomic E-state index is 11.9. The van der Waals surface area contributed by atoms with Crippen LogP contribution in [-0.2, 0) is 11.3 Å². The van der Waals surface area contributed by atoms with Crippen LogP contribution in [0, 0.1) is 0 Å². The molecule has 0 aliphatic rings. The van der Waals surface area contributed by atoms with Gasteiger partial charge in [0.2, 0.25) is 5.91 Å². The first kappa shape index (κ1) is 12.7. The van der Waals surface area contributed by atoms with Crippen molar-refractivity contribution in [2.75, 3.05) is 12.3 Å². The molecule has 6 nitrogen and oxygen atoms in total. The van der Waals surface area contributed by atoms with Crippen LogP contribution >= 0.6 is 12.6 Å². The van der Waals surface area contributed by atoms with Crippen molar-refractivity contribution in [2.45, 2.75) is 13.0 Å². The van der Waals surface area contributed by atoms with Crippen molar-refractivity contribution >= 4 is 24.2 Å². The number of nitrogens with zero attached hydrogens (tertiary/aromatic N) is 3. The molecular weight excluding hydrogens is 252 g/mol. The van der Waals surface area contributed by atoms with Crippen LogP contribution in [0.2, 0.25) is 0 Å². The summed E-state index contributed by atoms with van der Waals surface area (Å²) in [5, 5.41) is 6.83. The maximum Gasteiger partial charge on any atom is 0.350 e. The van der Waals surface area contributed by atoms with Crippen LogP contribution in [0.25, 0.3) is 5.65 Å². The quantitative estimate of drug-likeness (QED) is 0.745. The zero-order valence-electron chi connectivity index (χ0n) is 9.74. The average Bonchev–Trinajstić information content (AvgIpc) is 2.71. The van der Waals surface area contributed by atoms with Gasteiger partial charge in [0.05, 0.1) is 6.54 Å². The molecule has 0 saturated carbocycles. The van der Waals surface area contributed by atoms with Gasteiger partial charge in [-0.25, -0.2) is 9.48 Å². The Morgan fingerprint density at radius 3 is 3.00 bits per heavy atom. The van der Waals surface area contributed by atoms with E-state index < -0.39 is 0 Å². The van der Waals surface area contributed by atoms with Gasteiger partial charge in [-0.2, -0.15) is 12.6 Å². The lowest BCUT2D eigenvalue weighted by atomic mass is 10.4. The number of rotatable bonds is 5. The normalized spacial score (nSPS) is 10.7. The number of carbonyl (C=O) groups is 1. The van der Waals surface area contributed by atoms with Crippen LogP contribution in [-0.4, -0.2) is 32.4 Å². The summed E-state index contributed by atoms with van der Waals surface area (Å²) in [5.74, 6) is 0.494. The molecule has 2 aromatic rings. The highest BCUT2D eigenvalue weighted by Crippen LogP contribution is 1.95. The molecular formula is C11H14N4O2S. The van der Waals surface area contributed by atoms with E-state index in [9.17, 15) is 9.59 Å². The van der Waals surface area contributed by atoms with Gasteiger partial charge in [-0.1, -0.05) is 6.07 Å². The second-order valence-electron chi connectivity index (χ2n) is 3.76. The molecule has 0 saturated heterocycles. The molecule has 0 bridgehead atoms. The number of fused-ring (bicyclic) bond motifs is 1. The Balaban J connectivity index is 2.06. The molecule has 18 heavy (non-hydrogen) atoms. The fourth-order valence-corrected chi connectivity index (χ4v) is 1.72. The van der Waals surface area contributed by atoms with Crippen molar-refractivity contribution in [1.29, 1.82) is 0 Å². The molecule has 0 aromatic carbocycles. The lowest BCUT2D eigenvalue weighted by Gasteiger charge is -2.02. The third kappa shape index (κ3) is 2.73. The highest BCUT2D eigenvalue weighted by molar-refractivity contribution is 7.80. The van der Waals surface area contributed by atoms with Crippen molar-refractivity contribution in [1.82, 2.24) is 19.5 Å². The van der Waals surface area contributed by atoms with Crippen molar-refractivity contribution in [3.63, 3.8) is 0 Å². The molecule has 1 amide bonds. The number of hydrogen-bond donors (Lipinski definition) is 2. The molecule has 0 spiro atoms. The molecule has 7 heteroatoms. The first-order chi connectivity index (χ1) is 8.72. The minimum Gasteiger partial charge on any atom is -0.355 e. The predicted octanol–water partition coefficient (Wildman–Crippen LogP) is -0.0679. The maximum absolute atomic E-state index is 11.9. The predicted molar refractivity (Wildman–Crippen MR) is 70.9 cm³/mol. The Morgan fingerprint density at radius 2 is 2.28 bits per heavy atom. The lowest BCUT2D eigenvalue weighted by molar-refractivity contribution is -0.121. The van der Waals surface area contributed by atoms with Gasteiger partial charge >= 0.3 is 5.69 Å². The minimum atomic E-state index is -0.229. The molecule has 0 aliphatic heterocycles. The van der Waals surface area contributed by atoms with Crippen LogP contribution in [0.1, 0.15) is 6.42 Å². The van der Waals surface area contributed by atoms with Gasteiger partial charge in [0.25, 0.3) is 0 Å². The van der Waals surface area contributed by atoms with E-state index >= 15 is 0 Å². The van der Waals surface area contributed by atoms with E-state index in [1.54, 1.807) is 18.3 Å². The summed E-state index contributed by atoms with van der Waals surface area (Å²) >= 11 is 4.00. The Morgan fingerprint density at radius 1 is 1.44 bits per heavy atom. The zero-order chi connectivity index (χ0) is 13.0. The number of amides is 1. The SMILES string of the molecule is O=C(CCn1nc2ccccn2c1=O)NCCS. The lowest BCUT2D eigenvalue weighted by Crippen LogP contribution is -2.28. The Kier molecular flexibility index (Phi) is 4.03. The van der Waals surface area contributed by atoms with E-state index in [1.165, 1.54) is 9.08 Å². The van der Waals surface area contributed by atoms with Crippen LogP contribution in [0.15, 0.2) is 29.2 Å². The van der Waals surface area contributed by atoms with E-state index in [1.807, 2.05) is 6.07 Å². The zero-order valence-corrected chi connectivity index (χ0v) is 10.6. The van der Waals surface area contributed by atoms with Crippen LogP contribution in [0.5, 0.6) is 0 Å². The van der Waals surface area contributed by atoms with Crippen LogP contribution < -0.4 is 11.0 Å². The van der Waals surface area contributed by atoms with E-state index in [0.717, 1.165) is 0 Å². The summed E-state index contributed by atoms with van der Waals surface area (Å²) in [5.41, 5.74) is 0.353. The van der Waals surface area contributed by atoms with Crippen molar-refractivity contribution in [2.24, 2.45) is 0 Å². The monoisotopic (exact) mass is 266 g/mol. The van der Waals surface area contributed by atoms with Crippen LogP contribution in [0.3, 0.4) is 0 Å². The minimum absolute atomic E-state index is 0.104. The average molecular weight is 266 g/mol. The van der Waals surface area contributed by atoms with Crippen molar-refractivity contribution in [3.05, 3.63) is 34.9 Å². The molecule has 0 unspecified atom stereocenters. The molecule has 2 aromatic heterocycles. The van der Waals surface area contributed by atoms with Gasteiger partial charge in [-0.05, 0) is 12.1 Å². The number of aryl methyl sites for hydroxylation is 1. The standard InChI is InChI=1S/C11H14N4O2S/c16-10(12-5-8-18)4-7-15-11(17)14-6-2-1-3-9(14)13-15/h1-3,6,18H,4-5,7-8H2,(H,12,16). The summed E-state index contributed by atoms with van der Waals surface area (Å²) in [6.45, 7) is 0.806. The number of aromatic nitrogens is 3. The first-order valence-electron chi connectivity index (χ1n) is 5.64. The molecule has 96 valence electrons. The second-order valence-corrected chi connectivity index (χ2v) is 4.21. The van der Waals surface area contributed by atoms with Gasteiger partial charge in [0.15, 0.2) is 5.65 Å². The Labute approximate surface area is 109 Å². The summed E-state index contributed by atoms with van der Waals surface area (Å²) in [6.07, 6.45) is 1.89. The summed E-state index contributed by atoms with van der Waals surface area (Å²) in [7, 11) is 0. The fraction of sp³-hybridized carbons (Fsp3) is 0.364. The number of carbonyl (C=O) groups excluding carboxylic acids is 1. The highest BCUT2D eigenvalue weighted by atomic mass is 32.1. The van der Waals surface area contributed by atoms with Crippen molar-refractivity contribution in [3.8, 4) is 0 Å². The Hall–Kier alpha value is -1.76. The summed E-state index contributed by atoms with van der Waals surface area (Å²) in [6, 6.07) is 5.32. The largest absolute Gasteiger partial charge is 0.355 e. The molecule has 0 radical (unpaired) electrons. The smallest absolute Gasteiger partial charge is 0.350 e. The fourth-order valence-electron chi connectivity index (χ4n) is 1.60. The molecule has 0 aliphatic carbocycles. The number of hydrogen-bond acceptors (Lipinski definition) is 4. The number of thiol groups is 1. The van der Waals surface area contributed by atoms with E-state index in [-0.39, 0.29) is 24.6 Å². The van der Waals surface area contributed by atoms with E-state index in [2.05, 4.69) is 23.0 Å². The Bertz CT molecular complexity index is 604. The first-order valence-corrected chi connectivity index (χ1v) is 6.27. The van der Waals surface area contributed by atoms with Gasteiger partial charge in [0, 0.05) is 24.9 Å². The topological polar surface area (TPSA) is 68.4 Å². The van der Waals surface area contributed by atoms with Crippen LogP contribution in [0.4, 0.5) is 0 Å². The number of nitrogens with one attached hydrogen (secondary N) is 1. The third-order valence-electron chi connectivity index (χ3n) is 2.47. The molecule has 2 heterocycles. The summed E-state index contributed by atoms with van der Waals surface area (Å²) in [4.78, 5) is 23.3. The molecule has 0 fully saturated rings. The van der Waals surface area contributed by atoms with E-state index in [4.69, 9.17) is 0 Å². The van der Waals surface area contributed by atoms with E-state index in [0.29, 0.717) is 17.9 Å². The molecule has 2 rings (SSSR count). The highest BCUT2D eigenvalue weighted by Gasteiger charge is 2.07.